The molecule has 0 aliphatic heterocycles. The zero-order valence-electron chi connectivity index (χ0n) is 10.6. The first-order valence-electron chi connectivity index (χ1n) is 5.91. The molecular formula is C11H20N4O2. The van der Waals surface area contributed by atoms with Gasteiger partial charge in [-0.1, -0.05) is 12.1 Å². The largest absolute Gasteiger partial charge is 0.356 e. The zero-order valence-corrected chi connectivity index (χ0v) is 10.6. The molecule has 1 unspecified atom stereocenters. The molecule has 0 bridgehead atoms. The molecule has 1 rings (SSSR count). The summed E-state index contributed by atoms with van der Waals surface area (Å²) in [6, 6.07) is 0.201. The summed E-state index contributed by atoms with van der Waals surface area (Å²) >= 11 is 0. The molecule has 0 aliphatic rings. The normalized spacial score (nSPS) is 12.4. The number of hydrogen-bond donors (Lipinski definition) is 2. The lowest BCUT2D eigenvalue weighted by molar-refractivity contribution is -0.121. The summed E-state index contributed by atoms with van der Waals surface area (Å²) in [6.45, 7) is 7.17. The lowest BCUT2D eigenvalue weighted by Crippen LogP contribution is -2.34. The molecule has 6 heteroatoms. The van der Waals surface area contributed by atoms with E-state index in [-0.39, 0.29) is 11.9 Å². The number of carbonyl (C=O) groups excluding carboxylic acids is 1. The quantitative estimate of drug-likeness (QED) is 0.722. The molecule has 6 nitrogen and oxygen atoms in total. The first-order valence-corrected chi connectivity index (χ1v) is 5.91. The topological polar surface area (TPSA) is 80.0 Å². The predicted octanol–water partition coefficient (Wildman–Crippen LogP) is 0.425. The Morgan fingerprint density at radius 1 is 1.53 bits per heavy atom. The predicted molar refractivity (Wildman–Crippen MR) is 63.5 cm³/mol. The fraction of sp³-hybridized carbons (Fsp3) is 0.727. The second kappa shape index (κ2) is 7.01. The summed E-state index contributed by atoms with van der Waals surface area (Å²) in [7, 11) is 0. The van der Waals surface area contributed by atoms with E-state index in [1.807, 2.05) is 13.8 Å². The van der Waals surface area contributed by atoms with Gasteiger partial charge < -0.3 is 15.2 Å². The van der Waals surface area contributed by atoms with Crippen LogP contribution >= 0.6 is 0 Å². The van der Waals surface area contributed by atoms with Crippen LogP contribution in [0.5, 0.6) is 0 Å². The molecule has 1 amide bonds. The number of carbonyl (C=O) groups is 1. The van der Waals surface area contributed by atoms with Gasteiger partial charge in [0.15, 0.2) is 5.82 Å². The third-order valence-corrected chi connectivity index (χ3v) is 2.28. The van der Waals surface area contributed by atoms with Crippen molar-refractivity contribution in [2.75, 3.05) is 13.1 Å². The van der Waals surface area contributed by atoms with Crippen LogP contribution in [0.1, 0.15) is 32.0 Å². The number of aryl methyl sites for hydroxylation is 1. The van der Waals surface area contributed by atoms with Gasteiger partial charge in [0.25, 0.3) is 0 Å². The zero-order chi connectivity index (χ0) is 12.7. The van der Waals surface area contributed by atoms with Gasteiger partial charge in [-0.05, 0) is 13.5 Å². The van der Waals surface area contributed by atoms with Crippen LogP contribution in [0.2, 0.25) is 0 Å². The number of nitrogens with zero attached hydrogens (tertiary/aromatic N) is 2. The molecule has 17 heavy (non-hydrogen) atoms. The summed E-state index contributed by atoms with van der Waals surface area (Å²) in [4.78, 5) is 15.6. The summed E-state index contributed by atoms with van der Waals surface area (Å²) in [5.74, 6) is 1.22. The summed E-state index contributed by atoms with van der Waals surface area (Å²) in [5, 5.41) is 9.77. The molecule has 1 heterocycles. The van der Waals surface area contributed by atoms with Crippen LogP contribution in [0.4, 0.5) is 0 Å². The molecule has 0 saturated heterocycles. The number of rotatable bonds is 7. The Balaban J connectivity index is 2.16. The summed E-state index contributed by atoms with van der Waals surface area (Å²) < 4.78 is 4.83. The Hall–Kier alpha value is -1.43. The van der Waals surface area contributed by atoms with Crippen molar-refractivity contribution in [1.29, 1.82) is 0 Å². The number of nitrogens with one attached hydrogen (secondary N) is 2. The Morgan fingerprint density at radius 2 is 2.29 bits per heavy atom. The van der Waals surface area contributed by atoms with Gasteiger partial charge in [-0.3, -0.25) is 4.79 Å². The van der Waals surface area contributed by atoms with Crippen LogP contribution in [-0.2, 0) is 11.2 Å². The molecule has 2 N–H and O–H groups in total. The van der Waals surface area contributed by atoms with Gasteiger partial charge >= 0.3 is 0 Å². The highest BCUT2D eigenvalue weighted by Crippen LogP contribution is 1.95. The third kappa shape index (κ3) is 5.44. The molecule has 1 aromatic rings. The van der Waals surface area contributed by atoms with Gasteiger partial charge in [0, 0.05) is 32.4 Å². The molecule has 0 saturated carbocycles. The molecule has 0 aromatic carbocycles. The fourth-order valence-electron chi connectivity index (χ4n) is 1.53. The van der Waals surface area contributed by atoms with Gasteiger partial charge in [0.2, 0.25) is 11.8 Å². The minimum Gasteiger partial charge on any atom is -0.356 e. The van der Waals surface area contributed by atoms with Crippen molar-refractivity contribution >= 4 is 5.91 Å². The van der Waals surface area contributed by atoms with E-state index in [0.29, 0.717) is 31.1 Å². The Morgan fingerprint density at radius 3 is 2.88 bits per heavy atom. The maximum Gasteiger partial charge on any atom is 0.223 e. The van der Waals surface area contributed by atoms with Gasteiger partial charge in [-0.15, -0.1) is 0 Å². The molecule has 1 aromatic heterocycles. The van der Waals surface area contributed by atoms with E-state index in [2.05, 4.69) is 20.8 Å². The monoisotopic (exact) mass is 240 g/mol. The van der Waals surface area contributed by atoms with Crippen LogP contribution in [0.3, 0.4) is 0 Å². The van der Waals surface area contributed by atoms with Crippen molar-refractivity contribution in [2.24, 2.45) is 0 Å². The molecule has 96 valence electrons. The van der Waals surface area contributed by atoms with Crippen LogP contribution in [0.25, 0.3) is 0 Å². The maximum atomic E-state index is 11.5. The first-order chi connectivity index (χ1) is 8.11. The van der Waals surface area contributed by atoms with E-state index < -0.39 is 0 Å². The molecule has 0 fully saturated rings. The first kappa shape index (κ1) is 13.6. The van der Waals surface area contributed by atoms with Crippen molar-refractivity contribution in [3.63, 3.8) is 0 Å². The third-order valence-electron chi connectivity index (χ3n) is 2.28. The SMILES string of the molecule is CCNC(C)CC(=O)NCCc1noc(C)n1. The lowest BCUT2D eigenvalue weighted by Gasteiger charge is -2.11. The molecule has 0 aliphatic carbocycles. The number of aromatic nitrogens is 2. The van der Waals surface area contributed by atoms with E-state index >= 15 is 0 Å². The van der Waals surface area contributed by atoms with E-state index in [9.17, 15) is 4.79 Å². The fourth-order valence-corrected chi connectivity index (χ4v) is 1.53. The molecule has 0 spiro atoms. The highest BCUT2D eigenvalue weighted by Gasteiger charge is 2.08. The van der Waals surface area contributed by atoms with Crippen molar-refractivity contribution in [1.82, 2.24) is 20.8 Å². The summed E-state index contributed by atoms with van der Waals surface area (Å²) in [5.41, 5.74) is 0. The van der Waals surface area contributed by atoms with Crippen LogP contribution in [0.15, 0.2) is 4.52 Å². The molecular weight excluding hydrogens is 220 g/mol. The van der Waals surface area contributed by atoms with Gasteiger partial charge in [0.1, 0.15) is 0 Å². The van der Waals surface area contributed by atoms with Crippen LogP contribution < -0.4 is 10.6 Å². The van der Waals surface area contributed by atoms with Gasteiger partial charge in [-0.2, -0.15) is 4.98 Å². The van der Waals surface area contributed by atoms with E-state index in [1.165, 1.54) is 0 Å². The Bertz CT molecular complexity index is 351. The van der Waals surface area contributed by atoms with Crippen LogP contribution in [0, 0.1) is 6.92 Å². The number of hydrogen-bond acceptors (Lipinski definition) is 5. The molecule has 1 atom stereocenters. The highest BCUT2D eigenvalue weighted by molar-refractivity contribution is 5.76. The van der Waals surface area contributed by atoms with E-state index in [0.717, 1.165) is 6.54 Å². The second-order valence-corrected chi connectivity index (χ2v) is 3.99. The minimum absolute atomic E-state index is 0.0404. The van der Waals surface area contributed by atoms with Crippen LogP contribution in [-0.4, -0.2) is 35.2 Å². The second-order valence-electron chi connectivity index (χ2n) is 3.99. The molecule has 0 radical (unpaired) electrons. The standard InChI is InChI=1S/C11H20N4O2/c1-4-12-8(2)7-11(16)13-6-5-10-14-9(3)17-15-10/h8,12H,4-7H2,1-3H3,(H,13,16). The van der Waals surface area contributed by atoms with Gasteiger partial charge in [-0.25, -0.2) is 0 Å². The summed E-state index contributed by atoms with van der Waals surface area (Å²) in [6.07, 6.45) is 1.08. The lowest BCUT2D eigenvalue weighted by atomic mass is 10.2. The van der Waals surface area contributed by atoms with Crippen molar-refractivity contribution in [2.45, 2.75) is 39.7 Å². The smallest absolute Gasteiger partial charge is 0.223 e. The maximum absolute atomic E-state index is 11.5. The highest BCUT2D eigenvalue weighted by atomic mass is 16.5. The van der Waals surface area contributed by atoms with Crippen molar-refractivity contribution < 1.29 is 9.32 Å². The minimum atomic E-state index is 0.0404. The Kier molecular flexibility index (Phi) is 5.62. The van der Waals surface area contributed by atoms with Gasteiger partial charge in [0.05, 0.1) is 0 Å². The number of amides is 1. The average Bonchev–Trinajstić information content (AvgIpc) is 2.64. The van der Waals surface area contributed by atoms with E-state index in [4.69, 9.17) is 4.52 Å². The van der Waals surface area contributed by atoms with Crippen molar-refractivity contribution in [3.8, 4) is 0 Å². The Labute approximate surface area is 101 Å². The average molecular weight is 240 g/mol. The van der Waals surface area contributed by atoms with E-state index in [1.54, 1.807) is 6.92 Å². The van der Waals surface area contributed by atoms with Crippen molar-refractivity contribution in [3.05, 3.63) is 11.7 Å².